The van der Waals surface area contributed by atoms with Crippen molar-refractivity contribution in [1.82, 2.24) is 29.8 Å². The molecule has 2 aromatic heterocycles. The average Bonchev–Trinajstić information content (AvgIpc) is 2.90. The first-order valence-corrected chi connectivity index (χ1v) is 5.28. The highest BCUT2D eigenvalue weighted by molar-refractivity contribution is 5.20. The van der Waals surface area contributed by atoms with Gasteiger partial charge in [0, 0.05) is 32.5 Å². The normalized spacial score (nSPS) is 10.6. The van der Waals surface area contributed by atoms with E-state index in [1.54, 1.807) is 10.9 Å². The lowest BCUT2D eigenvalue weighted by atomic mass is 10.3. The Balaban J connectivity index is 1.61. The zero-order valence-electron chi connectivity index (χ0n) is 9.24. The van der Waals surface area contributed by atoms with Gasteiger partial charge in [-0.05, 0) is 23.3 Å². The number of nitrogens with one attached hydrogen (secondary N) is 1. The summed E-state index contributed by atoms with van der Waals surface area (Å²) in [6.45, 7) is 1.88. The van der Waals surface area contributed by atoms with Gasteiger partial charge in [0.2, 0.25) is 5.95 Å². The van der Waals surface area contributed by atoms with Crippen molar-refractivity contribution in [3.05, 3.63) is 18.7 Å². The Hall–Kier alpha value is -1.92. The second-order valence-electron chi connectivity index (χ2n) is 3.56. The number of hydrogen-bond donors (Lipinski definition) is 1. The quantitative estimate of drug-likeness (QED) is 0.710. The first-order valence-electron chi connectivity index (χ1n) is 5.28. The molecular weight excluding hydrogens is 206 g/mol. The Morgan fingerprint density at radius 1 is 1.38 bits per heavy atom. The zero-order chi connectivity index (χ0) is 11.2. The van der Waals surface area contributed by atoms with E-state index in [0.29, 0.717) is 5.95 Å². The SMILES string of the molecule is Cn1nnnc1NCCCCn1ccnc1. The molecule has 7 heteroatoms. The van der Waals surface area contributed by atoms with E-state index in [4.69, 9.17) is 0 Å². The van der Waals surface area contributed by atoms with Crippen LogP contribution in [-0.4, -0.2) is 36.3 Å². The number of aromatic nitrogens is 6. The largest absolute Gasteiger partial charge is 0.353 e. The Morgan fingerprint density at radius 2 is 2.31 bits per heavy atom. The lowest BCUT2D eigenvalue weighted by Gasteiger charge is -2.04. The molecule has 16 heavy (non-hydrogen) atoms. The van der Waals surface area contributed by atoms with Crippen molar-refractivity contribution in [2.45, 2.75) is 19.4 Å². The lowest BCUT2D eigenvalue weighted by molar-refractivity contribution is 0.618. The topological polar surface area (TPSA) is 73.5 Å². The third kappa shape index (κ3) is 2.78. The molecule has 0 aliphatic carbocycles. The summed E-state index contributed by atoms with van der Waals surface area (Å²) in [7, 11) is 1.81. The molecule has 0 aliphatic heterocycles. The van der Waals surface area contributed by atoms with Crippen molar-refractivity contribution in [3.63, 3.8) is 0 Å². The smallest absolute Gasteiger partial charge is 0.242 e. The number of imidazole rings is 1. The van der Waals surface area contributed by atoms with E-state index in [-0.39, 0.29) is 0 Å². The summed E-state index contributed by atoms with van der Waals surface area (Å²) in [6, 6.07) is 0. The van der Waals surface area contributed by atoms with Crippen LogP contribution in [0.3, 0.4) is 0 Å². The molecule has 0 bridgehead atoms. The van der Waals surface area contributed by atoms with Gasteiger partial charge in [0.25, 0.3) is 0 Å². The molecule has 0 amide bonds. The Labute approximate surface area is 93.5 Å². The van der Waals surface area contributed by atoms with Crippen LogP contribution >= 0.6 is 0 Å². The molecule has 2 heterocycles. The van der Waals surface area contributed by atoms with Crippen LogP contribution in [0.4, 0.5) is 5.95 Å². The minimum Gasteiger partial charge on any atom is -0.353 e. The molecule has 1 N–H and O–H groups in total. The average molecular weight is 221 g/mol. The fraction of sp³-hybridized carbons (Fsp3) is 0.556. The summed E-state index contributed by atoms with van der Waals surface area (Å²) >= 11 is 0. The molecule has 0 aromatic carbocycles. The van der Waals surface area contributed by atoms with Gasteiger partial charge in [-0.25, -0.2) is 9.67 Å². The van der Waals surface area contributed by atoms with E-state index in [2.05, 4.69) is 30.4 Å². The number of tetrazole rings is 1. The van der Waals surface area contributed by atoms with Crippen LogP contribution in [0.5, 0.6) is 0 Å². The summed E-state index contributed by atoms with van der Waals surface area (Å²) in [5.41, 5.74) is 0. The molecule has 0 saturated carbocycles. The van der Waals surface area contributed by atoms with Gasteiger partial charge in [0.1, 0.15) is 0 Å². The van der Waals surface area contributed by atoms with Gasteiger partial charge in [-0.2, -0.15) is 0 Å². The highest BCUT2D eigenvalue weighted by Gasteiger charge is 1.99. The maximum atomic E-state index is 3.99. The highest BCUT2D eigenvalue weighted by atomic mass is 15.6. The molecule has 0 atom stereocenters. The van der Waals surface area contributed by atoms with E-state index in [9.17, 15) is 0 Å². The second-order valence-corrected chi connectivity index (χ2v) is 3.56. The molecule has 2 rings (SSSR count). The van der Waals surface area contributed by atoms with Crippen LogP contribution < -0.4 is 5.32 Å². The van der Waals surface area contributed by atoms with Crippen molar-refractivity contribution < 1.29 is 0 Å². The monoisotopic (exact) mass is 221 g/mol. The molecular formula is C9H15N7. The van der Waals surface area contributed by atoms with Gasteiger partial charge in [-0.15, -0.1) is 0 Å². The van der Waals surface area contributed by atoms with Gasteiger partial charge in [0.15, 0.2) is 0 Å². The van der Waals surface area contributed by atoms with Gasteiger partial charge < -0.3 is 9.88 Å². The maximum absolute atomic E-state index is 3.99. The summed E-state index contributed by atoms with van der Waals surface area (Å²) in [6.07, 6.45) is 7.78. The molecule has 0 unspecified atom stereocenters. The number of unbranched alkanes of at least 4 members (excludes halogenated alkanes) is 1. The van der Waals surface area contributed by atoms with E-state index in [1.165, 1.54) is 0 Å². The summed E-state index contributed by atoms with van der Waals surface area (Å²) in [5.74, 6) is 0.711. The van der Waals surface area contributed by atoms with E-state index < -0.39 is 0 Å². The molecule has 0 fully saturated rings. The van der Waals surface area contributed by atoms with Crippen molar-refractivity contribution >= 4 is 5.95 Å². The van der Waals surface area contributed by atoms with E-state index in [1.807, 2.05) is 19.6 Å². The molecule has 7 nitrogen and oxygen atoms in total. The summed E-state index contributed by atoms with van der Waals surface area (Å²) < 4.78 is 3.69. The third-order valence-electron chi connectivity index (χ3n) is 2.31. The van der Waals surface area contributed by atoms with Crippen LogP contribution in [0.25, 0.3) is 0 Å². The van der Waals surface area contributed by atoms with Crippen molar-refractivity contribution in [1.29, 1.82) is 0 Å². The second kappa shape index (κ2) is 5.24. The van der Waals surface area contributed by atoms with Gasteiger partial charge in [-0.3, -0.25) is 0 Å². The highest BCUT2D eigenvalue weighted by Crippen LogP contribution is 1.99. The fourth-order valence-electron chi connectivity index (χ4n) is 1.42. The minimum absolute atomic E-state index is 0.711. The van der Waals surface area contributed by atoms with Crippen LogP contribution in [0.2, 0.25) is 0 Å². The lowest BCUT2D eigenvalue weighted by Crippen LogP contribution is -2.08. The predicted octanol–water partition coefficient (Wildman–Crippen LogP) is 0.299. The number of aryl methyl sites for hydroxylation is 2. The number of rotatable bonds is 6. The van der Waals surface area contributed by atoms with Crippen LogP contribution in [-0.2, 0) is 13.6 Å². The first-order chi connectivity index (χ1) is 7.86. The van der Waals surface area contributed by atoms with Crippen molar-refractivity contribution in [2.75, 3.05) is 11.9 Å². The van der Waals surface area contributed by atoms with E-state index in [0.717, 1.165) is 25.9 Å². The van der Waals surface area contributed by atoms with Crippen LogP contribution in [0.15, 0.2) is 18.7 Å². The van der Waals surface area contributed by atoms with E-state index >= 15 is 0 Å². The summed E-state index contributed by atoms with van der Waals surface area (Å²) in [5, 5.41) is 14.3. The van der Waals surface area contributed by atoms with Gasteiger partial charge in [0.05, 0.1) is 6.33 Å². The van der Waals surface area contributed by atoms with Crippen LogP contribution in [0, 0.1) is 0 Å². The third-order valence-corrected chi connectivity index (χ3v) is 2.31. The molecule has 0 saturated heterocycles. The van der Waals surface area contributed by atoms with Gasteiger partial charge >= 0.3 is 0 Å². The summed E-state index contributed by atoms with van der Waals surface area (Å²) in [4.78, 5) is 3.99. The Morgan fingerprint density at radius 3 is 3.00 bits per heavy atom. The maximum Gasteiger partial charge on any atom is 0.242 e. The number of nitrogens with zero attached hydrogens (tertiary/aromatic N) is 6. The van der Waals surface area contributed by atoms with Crippen LogP contribution in [0.1, 0.15) is 12.8 Å². The Kier molecular flexibility index (Phi) is 3.47. The standard InChI is InChI=1S/C9H15N7/c1-15-9(12-13-14-15)11-4-2-3-6-16-7-5-10-8-16/h5,7-8H,2-4,6H2,1H3,(H,11,12,14). The molecule has 0 radical (unpaired) electrons. The number of anilines is 1. The van der Waals surface area contributed by atoms with Crippen molar-refractivity contribution in [2.24, 2.45) is 7.05 Å². The number of hydrogen-bond acceptors (Lipinski definition) is 5. The molecule has 0 spiro atoms. The Bertz CT molecular complexity index is 405. The minimum atomic E-state index is 0.711. The fourth-order valence-corrected chi connectivity index (χ4v) is 1.42. The zero-order valence-corrected chi connectivity index (χ0v) is 9.24. The van der Waals surface area contributed by atoms with Crippen molar-refractivity contribution in [3.8, 4) is 0 Å². The first kappa shape index (κ1) is 10.6. The molecule has 2 aromatic rings. The van der Waals surface area contributed by atoms with Gasteiger partial charge in [-0.1, -0.05) is 5.10 Å². The molecule has 86 valence electrons. The predicted molar refractivity (Wildman–Crippen MR) is 58.7 cm³/mol. The molecule has 0 aliphatic rings.